The molecule has 2 aromatic rings. The van der Waals surface area contributed by atoms with E-state index in [1.165, 1.54) is 6.20 Å². The molecule has 4 nitrogen and oxygen atoms in total. The first-order chi connectivity index (χ1) is 10.7. The highest BCUT2D eigenvalue weighted by Crippen LogP contribution is 2.26. The Balaban J connectivity index is 2.12. The summed E-state index contributed by atoms with van der Waals surface area (Å²) in [6.07, 6.45) is 1.54. The van der Waals surface area contributed by atoms with Gasteiger partial charge < -0.3 is 5.32 Å². The molecule has 0 atom stereocenters. The third-order valence-electron chi connectivity index (χ3n) is 3.23. The molecule has 1 aromatic carbocycles. The van der Waals surface area contributed by atoms with E-state index in [4.69, 9.17) is 0 Å². The number of rotatable bonds is 4. The van der Waals surface area contributed by atoms with Crippen LogP contribution in [0, 0.1) is 6.92 Å². The van der Waals surface area contributed by atoms with Gasteiger partial charge in [0.1, 0.15) is 0 Å². The molecule has 0 saturated carbocycles. The average Bonchev–Trinajstić information content (AvgIpc) is 2.82. The Hall–Kier alpha value is -1.89. The van der Waals surface area contributed by atoms with Gasteiger partial charge >= 0.3 is 0 Å². The second-order valence-corrected chi connectivity index (χ2v) is 7.15. The van der Waals surface area contributed by atoms with Gasteiger partial charge in [0, 0.05) is 16.3 Å². The summed E-state index contributed by atoms with van der Waals surface area (Å²) in [5.41, 5.74) is 1.61. The van der Waals surface area contributed by atoms with Crippen molar-refractivity contribution in [2.75, 3.05) is 5.32 Å². The number of benzene rings is 1. The number of carbonyl (C=O) groups is 1. The zero-order chi connectivity index (χ0) is 17.2. The maximum Gasteiger partial charge on any atom is 0.288 e. The number of halogens is 2. The zero-order valence-corrected chi connectivity index (χ0v) is 14.2. The second kappa shape index (κ2) is 6.70. The molecule has 0 radical (unpaired) electrons. The summed E-state index contributed by atoms with van der Waals surface area (Å²) in [7, 11) is 0. The predicted octanol–water partition coefficient (Wildman–Crippen LogP) is 4.51. The van der Waals surface area contributed by atoms with Crippen molar-refractivity contribution >= 4 is 23.4 Å². The number of aromatic nitrogens is 2. The normalized spacial score (nSPS) is 11.8. The molecule has 7 heteroatoms. The molecule has 1 heterocycles. The lowest BCUT2D eigenvalue weighted by Gasteiger charge is -2.21. The van der Waals surface area contributed by atoms with Crippen molar-refractivity contribution in [2.45, 2.75) is 43.9 Å². The number of hydrogen-bond donors (Lipinski definition) is 1. The van der Waals surface area contributed by atoms with Crippen molar-refractivity contribution in [1.82, 2.24) is 9.78 Å². The summed E-state index contributed by atoms with van der Waals surface area (Å²) >= 11 is 0.472. The molecular formula is C16H19F2N3OS. The van der Waals surface area contributed by atoms with Crippen molar-refractivity contribution < 1.29 is 13.6 Å². The van der Waals surface area contributed by atoms with Crippen LogP contribution in [0.4, 0.5) is 14.5 Å². The topological polar surface area (TPSA) is 46.9 Å². The Morgan fingerprint density at radius 3 is 2.35 bits per heavy atom. The van der Waals surface area contributed by atoms with Gasteiger partial charge in [0.25, 0.3) is 11.7 Å². The molecule has 1 amide bonds. The Kier molecular flexibility index (Phi) is 5.09. The van der Waals surface area contributed by atoms with Gasteiger partial charge in [-0.3, -0.25) is 9.48 Å². The monoisotopic (exact) mass is 339 g/mol. The van der Waals surface area contributed by atoms with Crippen LogP contribution in [0.2, 0.25) is 0 Å². The highest BCUT2D eigenvalue weighted by atomic mass is 32.2. The summed E-state index contributed by atoms with van der Waals surface area (Å²) in [5.74, 6) is -2.73. The van der Waals surface area contributed by atoms with Gasteiger partial charge in [-0.2, -0.15) is 13.9 Å². The number of nitrogens with one attached hydrogen (secondary N) is 1. The molecule has 0 aliphatic rings. The predicted molar refractivity (Wildman–Crippen MR) is 88.2 cm³/mol. The van der Waals surface area contributed by atoms with E-state index in [9.17, 15) is 13.6 Å². The van der Waals surface area contributed by atoms with Crippen LogP contribution in [0.5, 0.6) is 0 Å². The first-order valence-electron chi connectivity index (χ1n) is 7.10. The van der Waals surface area contributed by atoms with Crippen molar-refractivity contribution in [1.29, 1.82) is 0 Å². The van der Waals surface area contributed by atoms with E-state index >= 15 is 0 Å². The Morgan fingerprint density at radius 2 is 1.87 bits per heavy atom. The third-order valence-corrected chi connectivity index (χ3v) is 3.95. The lowest BCUT2D eigenvalue weighted by atomic mass is 10.1. The standard InChI is InChI=1S/C16H19F2N3OS/c1-10-13(9-19-21(10)16(2,3)4)14(22)20-11-5-7-12(8-6-11)23-15(17)18/h5-9,15H,1-4H3,(H,20,22). The minimum atomic E-state index is -2.46. The minimum absolute atomic E-state index is 0.212. The van der Waals surface area contributed by atoms with Crippen molar-refractivity contribution in [3.63, 3.8) is 0 Å². The first kappa shape index (κ1) is 17.5. The second-order valence-electron chi connectivity index (χ2n) is 6.08. The quantitative estimate of drug-likeness (QED) is 0.834. The van der Waals surface area contributed by atoms with E-state index in [1.807, 2.05) is 27.7 Å². The summed E-state index contributed by atoms with van der Waals surface area (Å²) < 4.78 is 26.4. The van der Waals surface area contributed by atoms with Gasteiger partial charge in [-0.05, 0) is 52.0 Å². The molecule has 2 rings (SSSR count). The van der Waals surface area contributed by atoms with E-state index in [1.54, 1.807) is 28.9 Å². The van der Waals surface area contributed by atoms with Crippen molar-refractivity contribution in [2.24, 2.45) is 0 Å². The molecule has 0 aliphatic heterocycles. The molecule has 0 unspecified atom stereocenters. The summed E-state index contributed by atoms with van der Waals surface area (Å²) in [6.45, 7) is 7.87. The fourth-order valence-corrected chi connectivity index (χ4v) is 2.73. The van der Waals surface area contributed by atoms with Gasteiger partial charge in [0.2, 0.25) is 0 Å². The lowest BCUT2D eigenvalue weighted by Crippen LogP contribution is -2.25. The summed E-state index contributed by atoms with van der Waals surface area (Å²) in [4.78, 5) is 12.8. The summed E-state index contributed by atoms with van der Waals surface area (Å²) in [5, 5.41) is 7.02. The van der Waals surface area contributed by atoms with E-state index in [-0.39, 0.29) is 11.4 Å². The van der Waals surface area contributed by atoms with Gasteiger partial charge in [-0.25, -0.2) is 0 Å². The number of amides is 1. The maximum absolute atomic E-state index is 12.3. The van der Waals surface area contributed by atoms with Gasteiger partial charge in [-0.15, -0.1) is 0 Å². The Morgan fingerprint density at radius 1 is 1.26 bits per heavy atom. The van der Waals surface area contributed by atoms with Crippen LogP contribution in [0.15, 0.2) is 35.4 Å². The molecule has 0 saturated heterocycles. The highest BCUT2D eigenvalue weighted by molar-refractivity contribution is 7.99. The van der Waals surface area contributed by atoms with E-state index in [0.29, 0.717) is 27.9 Å². The Bertz CT molecular complexity index is 690. The van der Waals surface area contributed by atoms with Crippen LogP contribution in [0.25, 0.3) is 0 Å². The summed E-state index contributed by atoms with van der Waals surface area (Å²) in [6, 6.07) is 6.31. The van der Waals surface area contributed by atoms with Gasteiger partial charge in [-0.1, -0.05) is 11.8 Å². The number of anilines is 1. The van der Waals surface area contributed by atoms with E-state index in [0.717, 1.165) is 5.69 Å². The van der Waals surface area contributed by atoms with Crippen LogP contribution < -0.4 is 5.32 Å². The zero-order valence-electron chi connectivity index (χ0n) is 13.4. The number of carbonyl (C=O) groups excluding carboxylic acids is 1. The molecular weight excluding hydrogens is 320 g/mol. The Labute approximate surface area is 138 Å². The lowest BCUT2D eigenvalue weighted by molar-refractivity contribution is 0.102. The van der Waals surface area contributed by atoms with Gasteiger partial charge in [0.15, 0.2) is 0 Å². The van der Waals surface area contributed by atoms with Crippen molar-refractivity contribution in [3.8, 4) is 0 Å². The molecule has 23 heavy (non-hydrogen) atoms. The molecule has 0 spiro atoms. The molecule has 0 fully saturated rings. The molecule has 0 bridgehead atoms. The van der Waals surface area contributed by atoms with Crippen LogP contribution in [-0.4, -0.2) is 21.4 Å². The molecule has 1 aromatic heterocycles. The van der Waals surface area contributed by atoms with Crippen LogP contribution in [0.3, 0.4) is 0 Å². The van der Waals surface area contributed by atoms with Gasteiger partial charge in [0.05, 0.1) is 17.3 Å². The fourth-order valence-electron chi connectivity index (χ4n) is 2.23. The maximum atomic E-state index is 12.3. The van der Waals surface area contributed by atoms with E-state index < -0.39 is 5.76 Å². The minimum Gasteiger partial charge on any atom is -0.322 e. The highest BCUT2D eigenvalue weighted by Gasteiger charge is 2.21. The van der Waals surface area contributed by atoms with E-state index in [2.05, 4.69) is 10.4 Å². The largest absolute Gasteiger partial charge is 0.322 e. The smallest absolute Gasteiger partial charge is 0.288 e. The number of nitrogens with zero attached hydrogens (tertiary/aromatic N) is 2. The molecule has 1 N–H and O–H groups in total. The first-order valence-corrected chi connectivity index (χ1v) is 7.98. The van der Waals surface area contributed by atoms with Crippen molar-refractivity contribution in [3.05, 3.63) is 41.7 Å². The molecule has 0 aliphatic carbocycles. The molecule has 124 valence electrons. The SMILES string of the molecule is Cc1c(C(=O)Nc2ccc(SC(F)F)cc2)cnn1C(C)(C)C. The number of thioether (sulfide) groups is 1. The van der Waals surface area contributed by atoms with Crippen LogP contribution in [-0.2, 0) is 5.54 Å². The number of hydrogen-bond acceptors (Lipinski definition) is 3. The fraction of sp³-hybridized carbons (Fsp3) is 0.375. The van der Waals surface area contributed by atoms with Crippen LogP contribution >= 0.6 is 11.8 Å². The number of alkyl halides is 2. The van der Waals surface area contributed by atoms with Crippen LogP contribution in [0.1, 0.15) is 36.8 Å². The average molecular weight is 339 g/mol. The third kappa shape index (κ3) is 4.31.